The summed E-state index contributed by atoms with van der Waals surface area (Å²) < 4.78 is 80.5. The number of nitrogens with one attached hydrogen (secondary N) is 1. The number of hydrogen-bond acceptors (Lipinski definition) is 6. The number of anilines is 1. The first kappa shape index (κ1) is 23.2. The van der Waals surface area contributed by atoms with Gasteiger partial charge in [0.25, 0.3) is 11.6 Å². The van der Waals surface area contributed by atoms with E-state index in [1.165, 1.54) is 12.1 Å². The number of rotatable bonds is 6. The van der Waals surface area contributed by atoms with Crippen LogP contribution in [0.5, 0.6) is 5.88 Å². The molecule has 32 heavy (non-hydrogen) atoms. The molecule has 172 valence electrons. The minimum atomic E-state index is -4.71. The van der Waals surface area contributed by atoms with Crippen LogP contribution in [0.15, 0.2) is 18.3 Å². The number of carbonyl (C=O) groups excluding carboxylic acids is 1. The van der Waals surface area contributed by atoms with Crippen LogP contribution in [0, 0.1) is 13.8 Å². The molecule has 0 bridgehead atoms. The average Bonchev–Trinajstić information content (AvgIpc) is 3.11. The van der Waals surface area contributed by atoms with Crippen LogP contribution >= 0.6 is 0 Å². The van der Waals surface area contributed by atoms with Crippen molar-refractivity contribution in [1.29, 1.82) is 0 Å². The maximum Gasteiger partial charge on any atom is 0.453 e. The van der Waals surface area contributed by atoms with E-state index in [9.17, 15) is 31.1 Å². The molecule has 3 heterocycles. The van der Waals surface area contributed by atoms with Gasteiger partial charge in [-0.25, -0.2) is 14.5 Å². The highest BCUT2D eigenvalue weighted by atomic mass is 19.4. The van der Waals surface area contributed by atoms with Crippen LogP contribution < -0.4 is 10.1 Å². The Morgan fingerprint density at radius 3 is 2.44 bits per heavy atom. The van der Waals surface area contributed by atoms with Crippen molar-refractivity contribution < 1.29 is 35.9 Å². The van der Waals surface area contributed by atoms with Gasteiger partial charge >= 0.3 is 12.4 Å². The zero-order valence-electron chi connectivity index (χ0n) is 16.7. The number of fused-ring (bicyclic) bond motifs is 1. The van der Waals surface area contributed by atoms with Crippen LogP contribution in [-0.4, -0.2) is 43.3 Å². The molecule has 0 spiro atoms. The second-order valence-electron chi connectivity index (χ2n) is 6.74. The average molecular weight is 462 g/mol. The van der Waals surface area contributed by atoms with Gasteiger partial charge in [0.1, 0.15) is 0 Å². The van der Waals surface area contributed by atoms with Crippen LogP contribution in [0.25, 0.3) is 5.78 Å². The normalized spacial score (nSPS) is 12.2. The van der Waals surface area contributed by atoms with Gasteiger partial charge in [0.15, 0.2) is 6.61 Å². The lowest BCUT2D eigenvalue weighted by molar-refractivity contribution is -0.154. The fraction of sp³-hybridized carbons (Fsp3) is 0.389. The molecule has 3 aromatic heterocycles. The molecule has 14 heteroatoms. The summed E-state index contributed by atoms with van der Waals surface area (Å²) >= 11 is 0. The Hall–Kier alpha value is -3.45. The van der Waals surface area contributed by atoms with Gasteiger partial charge in [-0.1, -0.05) is 0 Å². The summed E-state index contributed by atoms with van der Waals surface area (Å²) in [5.41, 5.74) is 1.57. The number of halogens is 6. The molecule has 0 aliphatic carbocycles. The maximum absolute atomic E-state index is 12.9. The van der Waals surface area contributed by atoms with Crippen molar-refractivity contribution in [2.24, 2.45) is 0 Å². The predicted octanol–water partition coefficient (Wildman–Crippen LogP) is 3.67. The minimum Gasteiger partial charge on any atom is -0.468 e. The van der Waals surface area contributed by atoms with Crippen LogP contribution in [0.3, 0.4) is 0 Å². The summed E-state index contributed by atoms with van der Waals surface area (Å²) in [6.07, 6.45) is -7.95. The summed E-state index contributed by atoms with van der Waals surface area (Å²) in [4.78, 5) is 23.3. The summed E-state index contributed by atoms with van der Waals surface area (Å²) in [5, 5.41) is 5.97. The Morgan fingerprint density at radius 1 is 1.12 bits per heavy atom. The Labute approximate surface area is 176 Å². The van der Waals surface area contributed by atoms with E-state index in [0.29, 0.717) is 17.0 Å². The standard InChI is InChI=1S/C18H16F6N6O2/c1-9-12(10(2)30-16(26-9)28-15(29-30)18(22,23)24)4-5-13(31)27-11-3-6-14(25-7-11)32-8-17(19,20)21/h3,6-7H,4-5,8H2,1-2H3,(H,27,31). The van der Waals surface area contributed by atoms with Gasteiger partial charge in [-0.3, -0.25) is 4.79 Å². The molecular formula is C18H16F6N6O2. The third-order valence-corrected chi connectivity index (χ3v) is 4.31. The summed E-state index contributed by atoms with van der Waals surface area (Å²) in [7, 11) is 0. The van der Waals surface area contributed by atoms with E-state index in [1.807, 2.05) is 0 Å². The van der Waals surface area contributed by atoms with Crippen LogP contribution in [0.2, 0.25) is 0 Å². The van der Waals surface area contributed by atoms with Crippen LogP contribution in [0.4, 0.5) is 32.0 Å². The van der Waals surface area contributed by atoms with Crippen LogP contribution in [0.1, 0.15) is 29.2 Å². The molecule has 0 aliphatic heterocycles. The zero-order valence-corrected chi connectivity index (χ0v) is 16.7. The lowest BCUT2D eigenvalue weighted by Gasteiger charge is -2.11. The first-order valence-corrected chi connectivity index (χ1v) is 9.09. The largest absolute Gasteiger partial charge is 0.468 e. The van der Waals surface area contributed by atoms with Crippen molar-refractivity contribution in [3.8, 4) is 5.88 Å². The van der Waals surface area contributed by atoms with Crippen molar-refractivity contribution in [3.63, 3.8) is 0 Å². The number of hydrogen-bond donors (Lipinski definition) is 1. The number of carbonyl (C=O) groups is 1. The molecule has 1 N–H and O–H groups in total. The Kier molecular flexibility index (Phi) is 6.23. The summed E-state index contributed by atoms with van der Waals surface area (Å²) in [6.45, 7) is 1.65. The number of ether oxygens (including phenoxy) is 1. The topological polar surface area (TPSA) is 94.3 Å². The molecular weight excluding hydrogens is 446 g/mol. The molecule has 0 saturated heterocycles. The van der Waals surface area contributed by atoms with Crippen molar-refractivity contribution in [1.82, 2.24) is 24.6 Å². The molecule has 3 rings (SSSR count). The fourth-order valence-corrected chi connectivity index (χ4v) is 2.85. The van der Waals surface area contributed by atoms with Gasteiger partial charge in [0, 0.05) is 23.9 Å². The number of alkyl halides is 6. The monoisotopic (exact) mass is 462 g/mol. The third-order valence-electron chi connectivity index (χ3n) is 4.31. The fourth-order valence-electron chi connectivity index (χ4n) is 2.85. The molecule has 0 atom stereocenters. The molecule has 0 aromatic carbocycles. The lowest BCUT2D eigenvalue weighted by atomic mass is 10.1. The summed E-state index contributed by atoms with van der Waals surface area (Å²) in [6, 6.07) is 2.51. The smallest absolute Gasteiger partial charge is 0.453 e. The number of nitrogens with zero attached hydrogens (tertiary/aromatic N) is 5. The van der Waals surface area contributed by atoms with Crippen molar-refractivity contribution >= 4 is 17.4 Å². The van der Waals surface area contributed by atoms with Crippen molar-refractivity contribution in [3.05, 3.63) is 41.1 Å². The molecule has 0 saturated carbocycles. The Morgan fingerprint density at radius 2 is 1.84 bits per heavy atom. The highest BCUT2D eigenvalue weighted by molar-refractivity contribution is 5.90. The molecule has 0 aliphatic rings. The quantitative estimate of drug-likeness (QED) is 0.562. The van der Waals surface area contributed by atoms with E-state index in [1.54, 1.807) is 13.8 Å². The van der Waals surface area contributed by atoms with Gasteiger partial charge in [-0.05, 0) is 31.9 Å². The predicted molar refractivity (Wildman–Crippen MR) is 98.0 cm³/mol. The highest BCUT2D eigenvalue weighted by Crippen LogP contribution is 2.27. The number of amides is 1. The number of aryl methyl sites for hydroxylation is 2. The van der Waals surface area contributed by atoms with E-state index < -0.39 is 30.7 Å². The van der Waals surface area contributed by atoms with E-state index in [2.05, 4.69) is 30.1 Å². The molecule has 8 nitrogen and oxygen atoms in total. The van der Waals surface area contributed by atoms with E-state index in [-0.39, 0.29) is 30.2 Å². The third kappa shape index (κ3) is 5.62. The molecule has 0 fully saturated rings. The molecule has 1 amide bonds. The van der Waals surface area contributed by atoms with Gasteiger partial charge in [0.2, 0.25) is 11.8 Å². The van der Waals surface area contributed by atoms with Gasteiger partial charge in [-0.15, -0.1) is 5.10 Å². The number of pyridine rings is 1. The number of aromatic nitrogens is 5. The SMILES string of the molecule is Cc1nc2nc(C(F)(F)F)nn2c(C)c1CCC(=O)Nc1ccc(OCC(F)(F)F)nc1. The first-order valence-electron chi connectivity index (χ1n) is 9.09. The minimum absolute atomic E-state index is 0.0397. The lowest BCUT2D eigenvalue weighted by Crippen LogP contribution is -2.19. The van der Waals surface area contributed by atoms with Crippen molar-refractivity contribution in [2.75, 3.05) is 11.9 Å². The maximum atomic E-state index is 12.9. The van der Waals surface area contributed by atoms with Crippen molar-refractivity contribution in [2.45, 2.75) is 39.0 Å². The highest BCUT2D eigenvalue weighted by Gasteiger charge is 2.37. The molecule has 0 radical (unpaired) electrons. The Bertz CT molecular complexity index is 1120. The molecule has 0 unspecified atom stereocenters. The summed E-state index contributed by atoms with van der Waals surface area (Å²) in [5.74, 6) is -2.20. The van der Waals surface area contributed by atoms with Gasteiger partial charge in [0.05, 0.1) is 11.9 Å². The van der Waals surface area contributed by atoms with E-state index >= 15 is 0 Å². The van der Waals surface area contributed by atoms with E-state index in [0.717, 1.165) is 10.7 Å². The first-order chi connectivity index (χ1) is 14.8. The molecule has 3 aromatic rings. The zero-order chi connectivity index (χ0) is 23.7. The van der Waals surface area contributed by atoms with E-state index in [4.69, 9.17) is 0 Å². The van der Waals surface area contributed by atoms with Crippen LogP contribution in [-0.2, 0) is 17.4 Å². The Balaban J connectivity index is 1.64. The second kappa shape index (κ2) is 8.59. The second-order valence-corrected chi connectivity index (χ2v) is 6.74. The van der Waals surface area contributed by atoms with Gasteiger partial charge in [-0.2, -0.15) is 31.3 Å². The van der Waals surface area contributed by atoms with Gasteiger partial charge < -0.3 is 10.1 Å².